The molecule has 0 unspecified atom stereocenters. The van der Waals surface area contributed by atoms with Crippen molar-refractivity contribution < 1.29 is 9.90 Å². The highest BCUT2D eigenvalue weighted by molar-refractivity contribution is 5.76. The molecule has 0 aromatic heterocycles. The fourth-order valence-electron chi connectivity index (χ4n) is 1.38. The second-order valence-corrected chi connectivity index (χ2v) is 3.53. The number of hydrogen-bond acceptors (Lipinski definition) is 2. The molecule has 82 valence electrons. The van der Waals surface area contributed by atoms with Gasteiger partial charge in [0.25, 0.3) is 0 Å². The Bertz CT molecular complexity index is 298. The number of nitrogens with one attached hydrogen (secondary N) is 1. The minimum atomic E-state index is -0.0135. The molecule has 0 saturated heterocycles. The largest absolute Gasteiger partial charge is 0.396 e. The number of aliphatic hydroxyl groups is 1. The van der Waals surface area contributed by atoms with E-state index < -0.39 is 0 Å². The maximum atomic E-state index is 11.4. The molecule has 15 heavy (non-hydrogen) atoms. The number of carbonyl (C=O) groups is 1. The van der Waals surface area contributed by atoms with Crippen molar-refractivity contribution in [2.75, 3.05) is 6.61 Å². The Morgan fingerprint density at radius 2 is 2.07 bits per heavy atom. The van der Waals surface area contributed by atoms with Crippen molar-refractivity contribution >= 4 is 5.91 Å². The van der Waals surface area contributed by atoms with Crippen molar-refractivity contribution in [1.29, 1.82) is 0 Å². The molecular weight excluding hydrogens is 190 g/mol. The lowest BCUT2D eigenvalue weighted by Crippen LogP contribution is -2.26. The maximum absolute atomic E-state index is 11.4. The summed E-state index contributed by atoms with van der Waals surface area (Å²) in [6, 6.07) is 9.84. The third kappa shape index (κ3) is 4.13. The summed E-state index contributed by atoms with van der Waals surface area (Å²) in [5, 5.41) is 11.5. The molecule has 1 atom stereocenters. The van der Waals surface area contributed by atoms with Crippen LogP contribution in [0.4, 0.5) is 0 Å². The lowest BCUT2D eigenvalue weighted by atomic mass is 10.1. The summed E-state index contributed by atoms with van der Waals surface area (Å²) in [7, 11) is 0. The number of carbonyl (C=O) groups excluding carboxylic acids is 1. The van der Waals surface area contributed by atoms with Gasteiger partial charge in [0.2, 0.25) is 5.91 Å². The molecule has 1 rings (SSSR count). The Kier molecular flexibility index (Phi) is 4.84. The van der Waals surface area contributed by atoms with Gasteiger partial charge in [-0.05, 0) is 18.9 Å². The molecule has 0 fully saturated rings. The first-order valence-corrected chi connectivity index (χ1v) is 5.19. The molecule has 0 radical (unpaired) electrons. The van der Waals surface area contributed by atoms with Gasteiger partial charge in [0, 0.05) is 13.0 Å². The van der Waals surface area contributed by atoms with Crippen LogP contribution in [0, 0.1) is 0 Å². The monoisotopic (exact) mass is 207 g/mol. The van der Waals surface area contributed by atoms with Crippen molar-refractivity contribution in [1.82, 2.24) is 5.32 Å². The van der Waals surface area contributed by atoms with E-state index in [0.29, 0.717) is 12.8 Å². The van der Waals surface area contributed by atoms with E-state index in [1.165, 1.54) is 0 Å². The van der Waals surface area contributed by atoms with Gasteiger partial charge in [0.1, 0.15) is 0 Å². The average Bonchev–Trinajstić information content (AvgIpc) is 2.27. The van der Waals surface area contributed by atoms with Crippen LogP contribution in [0.5, 0.6) is 0 Å². The van der Waals surface area contributed by atoms with E-state index in [2.05, 4.69) is 5.32 Å². The first kappa shape index (κ1) is 11.7. The molecule has 3 nitrogen and oxygen atoms in total. The normalized spacial score (nSPS) is 12.1. The molecule has 0 saturated carbocycles. The van der Waals surface area contributed by atoms with E-state index in [1.54, 1.807) is 0 Å². The number of rotatable bonds is 5. The van der Waals surface area contributed by atoms with Crippen LogP contribution in [-0.2, 0) is 4.79 Å². The topological polar surface area (TPSA) is 49.3 Å². The maximum Gasteiger partial charge on any atom is 0.220 e. The van der Waals surface area contributed by atoms with E-state index in [1.807, 2.05) is 37.3 Å². The van der Waals surface area contributed by atoms with Crippen LogP contribution < -0.4 is 5.32 Å². The van der Waals surface area contributed by atoms with Gasteiger partial charge >= 0.3 is 0 Å². The van der Waals surface area contributed by atoms with Gasteiger partial charge in [-0.1, -0.05) is 30.3 Å². The zero-order chi connectivity index (χ0) is 11.1. The van der Waals surface area contributed by atoms with Crippen LogP contribution in [0.3, 0.4) is 0 Å². The number of hydrogen-bond donors (Lipinski definition) is 2. The van der Waals surface area contributed by atoms with Gasteiger partial charge in [-0.15, -0.1) is 0 Å². The zero-order valence-corrected chi connectivity index (χ0v) is 8.94. The average molecular weight is 207 g/mol. The Labute approximate surface area is 90.1 Å². The predicted octanol–water partition coefficient (Wildman–Crippen LogP) is 1.64. The summed E-state index contributed by atoms with van der Waals surface area (Å²) >= 11 is 0. The van der Waals surface area contributed by atoms with Gasteiger partial charge in [-0.2, -0.15) is 0 Å². The molecule has 1 amide bonds. The van der Waals surface area contributed by atoms with E-state index >= 15 is 0 Å². The zero-order valence-electron chi connectivity index (χ0n) is 8.94. The SMILES string of the molecule is C[C@@H](NC(=O)CCCO)c1ccccc1. The molecule has 3 heteroatoms. The van der Waals surface area contributed by atoms with Gasteiger partial charge < -0.3 is 10.4 Å². The Hall–Kier alpha value is -1.35. The number of aliphatic hydroxyl groups excluding tert-OH is 1. The summed E-state index contributed by atoms with van der Waals surface area (Å²) in [6.07, 6.45) is 0.904. The predicted molar refractivity (Wildman–Crippen MR) is 59.3 cm³/mol. The summed E-state index contributed by atoms with van der Waals surface area (Å²) in [4.78, 5) is 11.4. The quantitative estimate of drug-likeness (QED) is 0.771. The Morgan fingerprint density at radius 3 is 2.67 bits per heavy atom. The molecule has 0 aliphatic rings. The van der Waals surface area contributed by atoms with Crippen molar-refractivity contribution in [2.24, 2.45) is 0 Å². The highest BCUT2D eigenvalue weighted by Gasteiger charge is 2.07. The second-order valence-electron chi connectivity index (χ2n) is 3.53. The van der Waals surface area contributed by atoms with Crippen molar-refractivity contribution in [3.05, 3.63) is 35.9 Å². The smallest absolute Gasteiger partial charge is 0.220 e. The molecule has 0 spiro atoms. The number of amides is 1. The second kappa shape index (κ2) is 6.19. The summed E-state index contributed by atoms with van der Waals surface area (Å²) < 4.78 is 0. The minimum Gasteiger partial charge on any atom is -0.396 e. The van der Waals surface area contributed by atoms with Crippen LogP contribution in [-0.4, -0.2) is 17.6 Å². The van der Waals surface area contributed by atoms with E-state index in [9.17, 15) is 4.79 Å². The highest BCUT2D eigenvalue weighted by atomic mass is 16.3. The van der Waals surface area contributed by atoms with Gasteiger partial charge in [0.15, 0.2) is 0 Å². The number of benzene rings is 1. The van der Waals surface area contributed by atoms with Gasteiger partial charge in [-0.3, -0.25) is 4.79 Å². The summed E-state index contributed by atoms with van der Waals surface area (Å²) in [6.45, 7) is 2.01. The lowest BCUT2D eigenvalue weighted by Gasteiger charge is -2.13. The van der Waals surface area contributed by atoms with Gasteiger partial charge in [0.05, 0.1) is 6.04 Å². The van der Waals surface area contributed by atoms with Crippen LogP contribution in [0.2, 0.25) is 0 Å². The molecular formula is C12H17NO2. The molecule has 1 aromatic rings. The first-order chi connectivity index (χ1) is 7.24. The first-order valence-electron chi connectivity index (χ1n) is 5.19. The van der Waals surface area contributed by atoms with Crippen LogP contribution in [0.15, 0.2) is 30.3 Å². The standard InChI is InChI=1S/C12H17NO2/c1-10(11-6-3-2-4-7-11)13-12(15)8-5-9-14/h2-4,6-7,10,14H,5,8-9H2,1H3,(H,13,15)/t10-/m1/s1. The minimum absolute atomic E-state index is 0.0135. The molecule has 2 N–H and O–H groups in total. The summed E-state index contributed by atoms with van der Waals surface area (Å²) in [5.41, 5.74) is 1.09. The third-order valence-corrected chi connectivity index (χ3v) is 2.24. The molecule has 0 bridgehead atoms. The van der Waals surface area contributed by atoms with E-state index in [0.717, 1.165) is 5.56 Å². The molecule has 0 heterocycles. The van der Waals surface area contributed by atoms with Crippen LogP contribution >= 0.6 is 0 Å². The highest BCUT2D eigenvalue weighted by Crippen LogP contribution is 2.11. The van der Waals surface area contributed by atoms with Crippen LogP contribution in [0.1, 0.15) is 31.4 Å². The fourth-order valence-corrected chi connectivity index (χ4v) is 1.38. The van der Waals surface area contributed by atoms with Crippen molar-refractivity contribution in [3.63, 3.8) is 0 Å². The summed E-state index contributed by atoms with van der Waals surface area (Å²) in [5.74, 6) is -0.0135. The third-order valence-electron chi connectivity index (χ3n) is 2.24. The van der Waals surface area contributed by atoms with Gasteiger partial charge in [-0.25, -0.2) is 0 Å². The molecule has 0 aliphatic heterocycles. The van der Waals surface area contributed by atoms with Crippen molar-refractivity contribution in [2.45, 2.75) is 25.8 Å². The Morgan fingerprint density at radius 1 is 1.40 bits per heavy atom. The fraction of sp³-hybridized carbons (Fsp3) is 0.417. The van der Waals surface area contributed by atoms with E-state index in [-0.39, 0.29) is 18.6 Å². The van der Waals surface area contributed by atoms with Crippen LogP contribution in [0.25, 0.3) is 0 Å². The van der Waals surface area contributed by atoms with Crippen molar-refractivity contribution in [3.8, 4) is 0 Å². The Balaban J connectivity index is 2.42. The van der Waals surface area contributed by atoms with E-state index in [4.69, 9.17) is 5.11 Å². The lowest BCUT2D eigenvalue weighted by molar-refractivity contribution is -0.122. The molecule has 0 aliphatic carbocycles. The molecule has 1 aromatic carbocycles.